The van der Waals surface area contributed by atoms with Gasteiger partial charge < -0.3 is 15.7 Å². The van der Waals surface area contributed by atoms with Crippen molar-refractivity contribution in [2.24, 2.45) is 0 Å². The van der Waals surface area contributed by atoms with Crippen LogP contribution in [0.25, 0.3) is 0 Å². The van der Waals surface area contributed by atoms with Crippen LogP contribution >= 0.6 is 11.6 Å². The molecular weight excluding hydrogens is 276 g/mol. The summed E-state index contributed by atoms with van der Waals surface area (Å²) < 4.78 is 0. The van der Waals surface area contributed by atoms with Gasteiger partial charge in [0.05, 0.1) is 6.10 Å². The van der Waals surface area contributed by atoms with E-state index in [1.165, 1.54) is 6.33 Å². The van der Waals surface area contributed by atoms with Crippen molar-refractivity contribution in [1.29, 1.82) is 0 Å². The van der Waals surface area contributed by atoms with Crippen LogP contribution in [-0.4, -0.2) is 28.7 Å². The first-order chi connectivity index (χ1) is 9.63. The lowest BCUT2D eigenvalue weighted by Crippen LogP contribution is -2.15. The summed E-state index contributed by atoms with van der Waals surface area (Å²) in [7, 11) is 1.74. The van der Waals surface area contributed by atoms with Gasteiger partial charge in [-0.1, -0.05) is 35.9 Å². The van der Waals surface area contributed by atoms with Crippen LogP contribution in [0.3, 0.4) is 0 Å². The first-order valence-corrected chi connectivity index (χ1v) is 6.67. The molecule has 2 rings (SSSR count). The van der Waals surface area contributed by atoms with Crippen molar-refractivity contribution in [3.8, 4) is 0 Å². The van der Waals surface area contributed by atoms with Gasteiger partial charge >= 0.3 is 0 Å². The standard InChI is InChI=1S/C14H17ClN4O/c1-9-5-3-4-6-10(9)11(20)7-17-14-12(16-2)13(15)18-8-19-14/h3-6,8,11,16,20H,7H2,1-2H3,(H,17,18,19). The Morgan fingerprint density at radius 2 is 2.05 bits per heavy atom. The number of rotatable bonds is 5. The van der Waals surface area contributed by atoms with Crippen LogP contribution in [0.4, 0.5) is 11.5 Å². The molecule has 0 saturated carbocycles. The summed E-state index contributed by atoms with van der Waals surface area (Å²) in [5.74, 6) is 0.570. The minimum absolute atomic E-state index is 0.340. The SMILES string of the molecule is CNc1c(Cl)ncnc1NCC(O)c1ccccc1C. The van der Waals surface area contributed by atoms with Crippen LogP contribution in [0.5, 0.6) is 0 Å². The van der Waals surface area contributed by atoms with Crippen molar-refractivity contribution in [3.05, 3.63) is 46.9 Å². The van der Waals surface area contributed by atoms with Gasteiger partial charge in [-0.25, -0.2) is 9.97 Å². The Kier molecular flexibility index (Phi) is 4.76. The van der Waals surface area contributed by atoms with Crippen molar-refractivity contribution >= 4 is 23.1 Å². The van der Waals surface area contributed by atoms with Gasteiger partial charge in [0, 0.05) is 13.6 Å². The molecule has 0 aliphatic carbocycles. The normalized spacial score (nSPS) is 12.0. The minimum Gasteiger partial charge on any atom is -0.387 e. The molecule has 20 heavy (non-hydrogen) atoms. The monoisotopic (exact) mass is 292 g/mol. The number of nitrogens with one attached hydrogen (secondary N) is 2. The predicted octanol–water partition coefficient (Wildman–Crippen LogP) is 2.63. The van der Waals surface area contributed by atoms with E-state index < -0.39 is 6.10 Å². The van der Waals surface area contributed by atoms with E-state index >= 15 is 0 Å². The van der Waals surface area contributed by atoms with Crippen LogP contribution in [-0.2, 0) is 0 Å². The average Bonchev–Trinajstić information content (AvgIpc) is 2.45. The maximum Gasteiger partial charge on any atom is 0.157 e. The highest BCUT2D eigenvalue weighted by molar-refractivity contribution is 6.32. The molecule has 0 spiro atoms. The molecular formula is C14H17ClN4O. The van der Waals surface area contributed by atoms with Gasteiger partial charge in [0.25, 0.3) is 0 Å². The molecule has 0 amide bonds. The van der Waals surface area contributed by atoms with Gasteiger partial charge in [0.1, 0.15) is 12.0 Å². The maximum atomic E-state index is 10.2. The highest BCUT2D eigenvalue weighted by Gasteiger charge is 2.12. The lowest BCUT2D eigenvalue weighted by atomic mass is 10.0. The quantitative estimate of drug-likeness (QED) is 0.739. The third-order valence-electron chi connectivity index (χ3n) is 3.06. The molecule has 0 radical (unpaired) electrons. The molecule has 1 atom stereocenters. The van der Waals surface area contributed by atoms with Crippen LogP contribution < -0.4 is 10.6 Å². The largest absolute Gasteiger partial charge is 0.387 e. The lowest BCUT2D eigenvalue weighted by Gasteiger charge is -2.16. The topological polar surface area (TPSA) is 70.1 Å². The first kappa shape index (κ1) is 14.6. The summed E-state index contributed by atoms with van der Waals surface area (Å²) in [6.45, 7) is 2.31. The smallest absolute Gasteiger partial charge is 0.157 e. The number of benzene rings is 1. The second-order valence-corrected chi connectivity index (χ2v) is 4.75. The summed E-state index contributed by atoms with van der Waals surface area (Å²) in [6.07, 6.45) is 0.765. The van der Waals surface area contributed by atoms with Crippen molar-refractivity contribution in [2.75, 3.05) is 24.2 Å². The molecule has 2 aromatic rings. The average molecular weight is 293 g/mol. The number of aromatic nitrogens is 2. The zero-order valence-electron chi connectivity index (χ0n) is 11.4. The predicted molar refractivity (Wildman–Crippen MR) is 81.2 cm³/mol. The summed E-state index contributed by atoms with van der Waals surface area (Å²) in [5, 5.41) is 16.6. The van der Waals surface area contributed by atoms with Gasteiger partial charge in [-0.2, -0.15) is 0 Å². The third kappa shape index (κ3) is 3.18. The first-order valence-electron chi connectivity index (χ1n) is 6.29. The molecule has 5 nitrogen and oxygen atoms in total. The van der Waals surface area contributed by atoms with Crippen LogP contribution in [0.1, 0.15) is 17.2 Å². The molecule has 1 unspecified atom stereocenters. The summed E-state index contributed by atoms with van der Waals surface area (Å²) >= 11 is 5.97. The fourth-order valence-electron chi connectivity index (χ4n) is 1.98. The zero-order valence-corrected chi connectivity index (χ0v) is 12.1. The molecule has 106 valence electrons. The molecule has 0 saturated heterocycles. The van der Waals surface area contributed by atoms with E-state index in [0.717, 1.165) is 11.1 Å². The molecule has 6 heteroatoms. The van der Waals surface area contributed by atoms with E-state index in [1.807, 2.05) is 31.2 Å². The number of aliphatic hydroxyl groups is 1. The van der Waals surface area contributed by atoms with Gasteiger partial charge in [0.2, 0.25) is 0 Å². The van der Waals surface area contributed by atoms with E-state index in [2.05, 4.69) is 20.6 Å². The second kappa shape index (κ2) is 6.54. The fraction of sp³-hybridized carbons (Fsp3) is 0.286. The van der Waals surface area contributed by atoms with E-state index in [-0.39, 0.29) is 0 Å². The van der Waals surface area contributed by atoms with E-state index in [9.17, 15) is 5.11 Å². The highest BCUT2D eigenvalue weighted by atomic mass is 35.5. The van der Waals surface area contributed by atoms with Crippen LogP contribution in [0, 0.1) is 6.92 Å². The van der Waals surface area contributed by atoms with E-state index in [0.29, 0.717) is 23.2 Å². The third-order valence-corrected chi connectivity index (χ3v) is 3.35. The number of hydrogen-bond donors (Lipinski definition) is 3. The number of aryl methyl sites for hydroxylation is 1. The Labute approximate surface area is 123 Å². The Balaban J connectivity index is 2.09. The maximum absolute atomic E-state index is 10.2. The van der Waals surface area contributed by atoms with Crippen LogP contribution in [0.15, 0.2) is 30.6 Å². The van der Waals surface area contributed by atoms with E-state index in [4.69, 9.17) is 11.6 Å². The number of aliphatic hydroxyl groups excluding tert-OH is 1. The zero-order chi connectivity index (χ0) is 14.5. The van der Waals surface area contributed by atoms with Gasteiger partial charge in [-0.05, 0) is 18.1 Å². The number of hydrogen-bond acceptors (Lipinski definition) is 5. The van der Waals surface area contributed by atoms with E-state index in [1.54, 1.807) is 7.05 Å². The molecule has 0 fully saturated rings. The summed E-state index contributed by atoms with van der Waals surface area (Å²) in [4.78, 5) is 8.02. The molecule has 0 aliphatic rings. The van der Waals surface area contributed by atoms with Gasteiger partial charge in [-0.3, -0.25) is 0 Å². The minimum atomic E-state index is -0.616. The number of nitrogens with zero attached hydrogens (tertiary/aromatic N) is 2. The van der Waals surface area contributed by atoms with Crippen molar-refractivity contribution in [3.63, 3.8) is 0 Å². The summed E-state index contributed by atoms with van der Waals surface area (Å²) in [5.41, 5.74) is 2.56. The number of anilines is 2. The highest BCUT2D eigenvalue weighted by Crippen LogP contribution is 2.26. The van der Waals surface area contributed by atoms with Crippen molar-refractivity contribution in [2.45, 2.75) is 13.0 Å². The Hall–Kier alpha value is -1.85. The Bertz CT molecular complexity index is 591. The second-order valence-electron chi connectivity index (χ2n) is 4.39. The van der Waals surface area contributed by atoms with Crippen molar-refractivity contribution in [1.82, 2.24) is 9.97 Å². The molecule has 0 aliphatic heterocycles. The summed E-state index contributed by atoms with van der Waals surface area (Å²) in [6, 6.07) is 7.74. The number of halogens is 1. The molecule has 3 N–H and O–H groups in total. The van der Waals surface area contributed by atoms with Crippen molar-refractivity contribution < 1.29 is 5.11 Å². The van der Waals surface area contributed by atoms with Gasteiger partial charge in [-0.15, -0.1) is 0 Å². The molecule has 1 aromatic carbocycles. The fourth-order valence-corrected chi connectivity index (χ4v) is 2.21. The molecule has 1 aromatic heterocycles. The molecule has 1 heterocycles. The lowest BCUT2D eigenvalue weighted by molar-refractivity contribution is 0.191. The van der Waals surface area contributed by atoms with Crippen LogP contribution in [0.2, 0.25) is 5.15 Å². The van der Waals surface area contributed by atoms with Gasteiger partial charge in [0.15, 0.2) is 11.0 Å². The Morgan fingerprint density at radius 3 is 2.75 bits per heavy atom. The Morgan fingerprint density at radius 1 is 1.30 bits per heavy atom. The molecule has 0 bridgehead atoms.